The highest BCUT2D eigenvalue weighted by molar-refractivity contribution is 7.89. The largest absolute Gasteiger partial charge is 0.310 e. The normalized spacial score (nSPS) is 27.5. The van der Waals surface area contributed by atoms with Gasteiger partial charge in [-0.15, -0.1) is 0 Å². The predicted molar refractivity (Wildman–Crippen MR) is 86.2 cm³/mol. The van der Waals surface area contributed by atoms with Gasteiger partial charge < -0.3 is 5.32 Å². The molecule has 2 saturated heterocycles. The van der Waals surface area contributed by atoms with Crippen molar-refractivity contribution in [2.24, 2.45) is 0 Å². The third kappa shape index (κ3) is 2.28. The highest BCUT2D eigenvalue weighted by atomic mass is 32.2. The molecule has 2 amide bonds. The lowest BCUT2D eigenvalue weighted by Crippen LogP contribution is -2.39. The van der Waals surface area contributed by atoms with Crippen molar-refractivity contribution in [2.45, 2.75) is 36.2 Å². The molecule has 1 aromatic rings. The molecule has 2 atom stereocenters. The minimum Gasteiger partial charge on any atom is -0.310 e. The van der Waals surface area contributed by atoms with Crippen LogP contribution in [0.5, 0.6) is 0 Å². The van der Waals surface area contributed by atoms with Gasteiger partial charge in [-0.05, 0) is 37.5 Å². The number of rotatable bonds is 2. The molecule has 1 N–H and O–H groups in total. The average Bonchev–Trinajstić information content (AvgIpc) is 2.99. The van der Waals surface area contributed by atoms with Crippen molar-refractivity contribution < 1.29 is 18.0 Å². The standard InChI is InChI=1S/C16H19N3O4S/c1-18-15(20)13-5-4-12(8-14(13)16(18)21)24(22,23)19-7-6-10-2-3-11(9-19)17-10/h4-5,8,10-11,17H,2-3,6-7,9H2,1H3. The van der Waals surface area contributed by atoms with Crippen LogP contribution < -0.4 is 5.32 Å². The lowest BCUT2D eigenvalue weighted by molar-refractivity contribution is 0.0693. The molecule has 1 aromatic carbocycles. The summed E-state index contributed by atoms with van der Waals surface area (Å²) < 4.78 is 27.4. The summed E-state index contributed by atoms with van der Waals surface area (Å²) in [6, 6.07) is 4.79. The smallest absolute Gasteiger partial charge is 0.261 e. The molecule has 3 aliphatic heterocycles. The van der Waals surface area contributed by atoms with E-state index in [1.807, 2.05) is 0 Å². The zero-order valence-corrected chi connectivity index (χ0v) is 14.2. The van der Waals surface area contributed by atoms with Crippen LogP contribution in [0.1, 0.15) is 40.0 Å². The Morgan fingerprint density at radius 2 is 1.75 bits per heavy atom. The summed E-state index contributed by atoms with van der Waals surface area (Å²) in [5.41, 5.74) is 0.427. The Morgan fingerprint density at radius 3 is 2.54 bits per heavy atom. The second kappa shape index (κ2) is 5.37. The van der Waals surface area contributed by atoms with Gasteiger partial charge in [-0.25, -0.2) is 8.42 Å². The maximum Gasteiger partial charge on any atom is 0.261 e. The summed E-state index contributed by atoms with van der Waals surface area (Å²) >= 11 is 0. The Balaban J connectivity index is 1.68. The number of nitrogens with zero attached hydrogens (tertiary/aromatic N) is 2. The van der Waals surface area contributed by atoms with Crippen LogP contribution in [0, 0.1) is 0 Å². The second-order valence-corrected chi connectivity index (χ2v) is 8.60. The van der Waals surface area contributed by atoms with Crippen molar-refractivity contribution in [1.29, 1.82) is 0 Å². The van der Waals surface area contributed by atoms with E-state index in [1.54, 1.807) is 0 Å². The second-order valence-electron chi connectivity index (χ2n) is 6.67. The molecule has 0 aliphatic carbocycles. The number of hydrogen-bond acceptors (Lipinski definition) is 5. The molecule has 4 rings (SSSR count). The number of imide groups is 1. The summed E-state index contributed by atoms with van der Waals surface area (Å²) in [6.07, 6.45) is 2.87. The molecule has 128 valence electrons. The number of fused-ring (bicyclic) bond motifs is 3. The van der Waals surface area contributed by atoms with Crippen molar-refractivity contribution in [3.05, 3.63) is 29.3 Å². The van der Waals surface area contributed by atoms with Gasteiger partial charge in [0.1, 0.15) is 0 Å². The van der Waals surface area contributed by atoms with E-state index in [-0.39, 0.29) is 22.1 Å². The van der Waals surface area contributed by atoms with Crippen LogP contribution in [0.3, 0.4) is 0 Å². The average molecular weight is 349 g/mol. The maximum atomic E-state index is 13.0. The Bertz CT molecular complexity index is 836. The fraction of sp³-hybridized carbons (Fsp3) is 0.500. The minimum atomic E-state index is -3.68. The quantitative estimate of drug-likeness (QED) is 0.783. The number of sulfonamides is 1. The van der Waals surface area contributed by atoms with Crippen LogP contribution in [0.15, 0.2) is 23.1 Å². The molecule has 2 unspecified atom stereocenters. The number of carbonyl (C=O) groups excluding carboxylic acids is 2. The molecule has 2 fully saturated rings. The maximum absolute atomic E-state index is 13.0. The third-order valence-electron chi connectivity index (χ3n) is 5.18. The fourth-order valence-electron chi connectivity index (χ4n) is 3.78. The van der Waals surface area contributed by atoms with Gasteiger partial charge >= 0.3 is 0 Å². The summed E-state index contributed by atoms with van der Waals surface area (Å²) in [5.74, 6) is -0.848. The van der Waals surface area contributed by atoms with Crippen LogP contribution in [0.2, 0.25) is 0 Å². The number of amides is 2. The molecular formula is C16H19N3O4S. The van der Waals surface area contributed by atoms with Gasteiger partial charge in [0.15, 0.2) is 0 Å². The molecule has 7 nitrogen and oxygen atoms in total. The van der Waals surface area contributed by atoms with E-state index in [2.05, 4.69) is 5.32 Å². The Hall–Kier alpha value is -1.77. The van der Waals surface area contributed by atoms with Gasteiger partial charge in [0, 0.05) is 32.2 Å². The van der Waals surface area contributed by atoms with E-state index in [1.165, 1.54) is 29.6 Å². The van der Waals surface area contributed by atoms with Crippen LogP contribution in [-0.4, -0.2) is 61.7 Å². The zero-order valence-electron chi connectivity index (χ0n) is 13.4. The van der Waals surface area contributed by atoms with E-state index in [0.717, 1.165) is 24.2 Å². The van der Waals surface area contributed by atoms with Crippen LogP contribution in [0.25, 0.3) is 0 Å². The first-order valence-electron chi connectivity index (χ1n) is 8.10. The molecule has 3 heterocycles. The fourth-order valence-corrected chi connectivity index (χ4v) is 5.31. The van der Waals surface area contributed by atoms with Gasteiger partial charge in [-0.1, -0.05) is 0 Å². The Kier molecular flexibility index (Phi) is 3.52. The first-order valence-corrected chi connectivity index (χ1v) is 9.54. The van der Waals surface area contributed by atoms with Gasteiger partial charge in [-0.3, -0.25) is 14.5 Å². The van der Waals surface area contributed by atoms with Crippen molar-refractivity contribution >= 4 is 21.8 Å². The first-order chi connectivity index (χ1) is 11.4. The van der Waals surface area contributed by atoms with Gasteiger partial charge in [0.25, 0.3) is 11.8 Å². The Morgan fingerprint density at radius 1 is 1.04 bits per heavy atom. The van der Waals surface area contributed by atoms with Crippen LogP contribution in [0.4, 0.5) is 0 Å². The number of carbonyl (C=O) groups is 2. The van der Waals surface area contributed by atoms with Gasteiger partial charge in [0.05, 0.1) is 16.0 Å². The summed E-state index contributed by atoms with van der Waals surface area (Å²) in [4.78, 5) is 25.1. The van der Waals surface area contributed by atoms with Crippen LogP contribution >= 0.6 is 0 Å². The highest BCUT2D eigenvalue weighted by Gasteiger charge is 2.37. The van der Waals surface area contributed by atoms with E-state index in [4.69, 9.17) is 0 Å². The Labute approximate surface area is 140 Å². The molecule has 0 radical (unpaired) electrons. The first kappa shape index (κ1) is 15.7. The molecule has 3 aliphatic rings. The molecule has 8 heteroatoms. The molecule has 0 aromatic heterocycles. The van der Waals surface area contributed by atoms with Crippen molar-refractivity contribution in [3.8, 4) is 0 Å². The zero-order chi connectivity index (χ0) is 17.1. The molecular weight excluding hydrogens is 330 g/mol. The molecule has 0 spiro atoms. The highest BCUT2D eigenvalue weighted by Crippen LogP contribution is 2.28. The van der Waals surface area contributed by atoms with Crippen molar-refractivity contribution in [2.75, 3.05) is 20.1 Å². The van der Waals surface area contributed by atoms with E-state index < -0.39 is 21.8 Å². The minimum absolute atomic E-state index is 0.0791. The summed E-state index contributed by atoms with van der Waals surface area (Å²) in [7, 11) is -2.28. The van der Waals surface area contributed by atoms with Crippen LogP contribution in [-0.2, 0) is 10.0 Å². The molecule has 2 bridgehead atoms. The van der Waals surface area contributed by atoms with E-state index in [9.17, 15) is 18.0 Å². The topological polar surface area (TPSA) is 86.8 Å². The third-order valence-corrected chi connectivity index (χ3v) is 7.05. The summed E-state index contributed by atoms with van der Waals surface area (Å²) in [6.45, 7) is 0.920. The van der Waals surface area contributed by atoms with Crippen molar-refractivity contribution in [3.63, 3.8) is 0 Å². The molecule has 0 saturated carbocycles. The summed E-state index contributed by atoms with van der Waals surface area (Å²) in [5, 5.41) is 3.46. The van der Waals surface area contributed by atoms with E-state index in [0.29, 0.717) is 19.1 Å². The molecule has 24 heavy (non-hydrogen) atoms. The number of nitrogens with one attached hydrogen (secondary N) is 1. The lowest BCUT2D eigenvalue weighted by Gasteiger charge is -2.23. The number of hydrogen-bond donors (Lipinski definition) is 1. The SMILES string of the molecule is CN1C(=O)c2ccc(S(=O)(=O)N3CCC4CCC(C3)N4)cc2C1=O. The van der Waals surface area contributed by atoms with E-state index >= 15 is 0 Å². The monoisotopic (exact) mass is 349 g/mol. The number of benzene rings is 1. The van der Waals surface area contributed by atoms with Crippen molar-refractivity contribution in [1.82, 2.24) is 14.5 Å². The lowest BCUT2D eigenvalue weighted by atomic mass is 10.1. The predicted octanol–water partition coefficient (Wildman–Crippen LogP) is 0.427. The van der Waals surface area contributed by atoms with Gasteiger partial charge in [-0.2, -0.15) is 4.31 Å². The van der Waals surface area contributed by atoms with Gasteiger partial charge in [0.2, 0.25) is 10.0 Å².